The van der Waals surface area contributed by atoms with Crippen LogP contribution in [0.1, 0.15) is 18.2 Å². The first-order chi connectivity index (χ1) is 9.97. The smallest absolute Gasteiger partial charge is 0.266 e. The first-order valence-corrected chi connectivity index (χ1v) is 8.11. The summed E-state index contributed by atoms with van der Waals surface area (Å²) in [5.74, 6) is 0.683. The summed E-state index contributed by atoms with van der Waals surface area (Å²) in [7, 11) is 0. The molecule has 2 aromatic rings. The van der Waals surface area contributed by atoms with Gasteiger partial charge in [0, 0.05) is 21.3 Å². The topological polar surface area (TPSA) is 65.9 Å². The molecule has 0 aliphatic carbocycles. The Morgan fingerprint density at radius 3 is 2.71 bits per heavy atom. The maximum Gasteiger partial charge on any atom is 0.266 e. The lowest BCUT2D eigenvalue weighted by atomic mass is 10.00. The van der Waals surface area contributed by atoms with Gasteiger partial charge in [-0.05, 0) is 54.6 Å². The number of rotatable bonds is 3. The molecule has 0 radical (unpaired) electrons. The van der Waals surface area contributed by atoms with Crippen LogP contribution >= 0.6 is 38.5 Å². The van der Waals surface area contributed by atoms with Crippen LogP contribution < -0.4 is 10.3 Å². The summed E-state index contributed by atoms with van der Waals surface area (Å²) in [6.07, 6.45) is 0. The fourth-order valence-electron chi connectivity index (χ4n) is 2.06. The van der Waals surface area contributed by atoms with Crippen LogP contribution in [0.3, 0.4) is 0 Å². The van der Waals surface area contributed by atoms with Gasteiger partial charge in [-0.3, -0.25) is 4.79 Å². The number of hydrogen-bond donors (Lipinski definition) is 1. The van der Waals surface area contributed by atoms with Crippen molar-refractivity contribution in [2.45, 2.75) is 13.8 Å². The van der Waals surface area contributed by atoms with Crippen LogP contribution in [0.5, 0.6) is 5.75 Å². The van der Waals surface area contributed by atoms with Gasteiger partial charge in [0.2, 0.25) is 0 Å². The van der Waals surface area contributed by atoms with Crippen molar-refractivity contribution in [2.24, 2.45) is 0 Å². The summed E-state index contributed by atoms with van der Waals surface area (Å²) >= 11 is 5.63. The van der Waals surface area contributed by atoms with Gasteiger partial charge >= 0.3 is 0 Å². The monoisotopic (exact) mass is 458 g/mol. The highest BCUT2D eigenvalue weighted by Gasteiger charge is 2.17. The van der Waals surface area contributed by atoms with Crippen LogP contribution in [0.2, 0.25) is 0 Å². The molecule has 0 fully saturated rings. The lowest BCUT2D eigenvalue weighted by Crippen LogP contribution is -2.13. The van der Waals surface area contributed by atoms with Gasteiger partial charge in [-0.2, -0.15) is 5.26 Å². The van der Waals surface area contributed by atoms with E-state index in [2.05, 4.69) is 43.5 Å². The van der Waals surface area contributed by atoms with Crippen LogP contribution in [-0.4, -0.2) is 11.6 Å². The minimum Gasteiger partial charge on any atom is -0.492 e. The second-order valence-electron chi connectivity index (χ2n) is 4.38. The van der Waals surface area contributed by atoms with Gasteiger partial charge in [-0.1, -0.05) is 15.9 Å². The van der Waals surface area contributed by atoms with Crippen LogP contribution in [0.25, 0.3) is 11.1 Å². The van der Waals surface area contributed by atoms with E-state index in [4.69, 9.17) is 4.74 Å². The van der Waals surface area contributed by atoms with Crippen molar-refractivity contribution in [3.63, 3.8) is 0 Å². The highest BCUT2D eigenvalue weighted by atomic mass is 127. The van der Waals surface area contributed by atoms with E-state index in [9.17, 15) is 10.1 Å². The maximum atomic E-state index is 12.0. The highest BCUT2D eigenvalue weighted by Crippen LogP contribution is 2.38. The number of aromatic amines is 1. The van der Waals surface area contributed by atoms with E-state index in [1.165, 1.54) is 0 Å². The molecule has 0 aliphatic heterocycles. The molecule has 6 heteroatoms. The molecule has 1 heterocycles. The zero-order valence-electron chi connectivity index (χ0n) is 11.5. The molecule has 0 spiro atoms. The Balaban J connectivity index is 2.84. The first-order valence-electron chi connectivity index (χ1n) is 6.24. The van der Waals surface area contributed by atoms with E-state index in [0.717, 1.165) is 13.6 Å². The average Bonchev–Trinajstić information content (AvgIpc) is 2.40. The van der Waals surface area contributed by atoms with E-state index in [-0.39, 0.29) is 11.1 Å². The van der Waals surface area contributed by atoms with Gasteiger partial charge < -0.3 is 9.72 Å². The van der Waals surface area contributed by atoms with Gasteiger partial charge in [0.1, 0.15) is 17.4 Å². The van der Waals surface area contributed by atoms with E-state index < -0.39 is 0 Å². The predicted molar refractivity (Wildman–Crippen MR) is 93.5 cm³/mol. The Hall–Kier alpha value is -1.33. The summed E-state index contributed by atoms with van der Waals surface area (Å²) in [5, 5.41) is 9.29. The molecule has 1 aromatic carbocycles. The number of hydrogen-bond acceptors (Lipinski definition) is 3. The standard InChI is InChI=1S/C15H12BrIN2O2/c1-3-21-14-11(5-9(16)6-13(14)17)10-4-8(2)19-15(20)12(10)7-18/h4-6H,3H2,1-2H3,(H,19,20). The molecule has 0 saturated carbocycles. The number of pyridine rings is 1. The molecule has 0 aliphatic rings. The summed E-state index contributed by atoms with van der Waals surface area (Å²) in [6.45, 7) is 4.19. The van der Waals surface area contributed by atoms with Crippen molar-refractivity contribution in [2.75, 3.05) is 6.61 Å². The van der Waals surface area contributed by atoms with Gasteiger partial charge in [0.05, 0.1) is 10.2 Å². The number of halogens is 2. The molecule has 0 bridgehead atoms. The Morgan fingerprint density at radius 2 is 2.10 bits per heavy atom. The van der Waals surface area contributed by atoms with E-state index in [1.54, 1.807) is 13.0 Å². The second kappa shape index (κ2) is 6.62. The molecule has 0 saturated heterocycles. The fourth-order valence-corrected chi connectivity index (χ4v) is 3.73. The lowest BCUT2D eigenvalue weighted by molar-refractivity contribution is 0.339. The van der Waals surface area contributed by atoms with Crippen molar-refractivity contribution in [3.05, 3.63) is 47.9 Å². The Bertz CT molecular complexity index is 793. The van der Waals surface area contributed by atoms with Crippen molar-refractivity contribution in [1.29, 1.82) is 5.26 Å². The highest BCUT2D eigenvalue weighted by molar-refractivity contribution is 14.1. The van der Waals surface area contributed by atoms with Crippen LogP contribution in [-0.2, 0) is 0 Å². The number of ether oxygens (including phenoxy) is 1. The average molecular weight is 459 g/mol. The summed E-state index contributed by atoms with van der Waals surface area (Å²) in [6, 6.07) is 7.57. The zero-order chi connectivity index (χ0) is 15.6. The second-order valence-corrected chi connectivity index (χ2v) is 6.46. The van der Waals surface area contributed by atoms with Crippen LogP contribution in [0.4, 0.5) is 0 Å². The molecular formula is C15H12BrIN2O2. The Morgan fingerprint density at radius 1 is 1.38 bits per heavy atom. The third-order valence-corrected chi connectivity index (χ3v) is 4.13. The third kappa shape index (κ3) is 3.30. The molecule has 1 aromatic heterocycles. The van der Waals surface area contributed by atoms with Gasteiger partial charge in [0.25, 0.3) is 5.56 Å². The lowest BCUT2D eigenvalue weighted by Gasteiger charge is -2.14. The quantitative estimate of drug-likeness (QED) is 0.707. The van der Waals surface area contributed by atoms with E-state index in [0.29, 0.717) is 23.6 Å². The van der Waals surface area contributed by atoms with Crippen molar-refractivity contribution < 1.29 is 4.74 Å². The molecule has 1 N–H and O–H groups in total. The molecular weight excluding hydrogens is 447 g/mol. The minimum absolute atomic E-state index is 0.0930. The van der Waals surface area contributed by atoms with E-state index in [1.807, 2.05) is 25.1 Å². The molecule has 0 amide bonds. The summed E-state index contributed by atoms with van der Waals surface area (Å²) in [5.41, 5.74) is 1.73. The minimum atomic E-state index is -0.384. The molecule has 0 unspecified atom stereocenters. The number of aromatic nitrogens is 1. The molecule has 4 nitrogen and oxygen atoms in total. The Labute approximate surface area is 144 Å². The SMILES string of the molecule is CCOc1c(I)cc(Br)cc1-c1cc(C)[nH]c(=O)c1C#N. The number of nitriles is 1. The fraction of sp³-hybridized carbons (Fsp3) is 0.200. The molecule has 108 valence electrons. The molecule has 21 heavy (non-hydrogen) atoms. The number of nitrogens with one attached hydrogen (secondary N) is 1. The number of H-pyrrole nitrogens is 1. The molecule has 0 atom stereocenters. The van der Waals surface area contributed by atoms with Gasteiger partial charge in [-0.25, -0.2) is 0 Å². The van der Waals surface area contributed by atoms with Gasteiger partial charge in [0.15, 0.2) is 0 Å². The number of aryl methyl sites for hydroxylation is 1. The van der Waals surface area contributed by atoms with Crippen LogP contribution in [0, 0.1) is 21.8 Å². The largest absolute Gasteiger partial charge is 0.492 e. The van der Waals surface area contributed by atoms with Crippen molar-refractivity contribution in [3.8, 4) is 22.9 Å². The van der Waals surface area contributed by atoms with Crippen molar-refractivity contribution in [1.82, 2.24) is 4.98 Å². The Kier molecular flexibility index (Phi) is 5.06. The molecule has 2 rings (SSSR count). The number of benzene rings is 1. The number of nitrogens with zero attached hydrogens (tertiary/aromatic N) is 1. The normalized spacial score (nSPS) is 10.2. The van der Waals surface area contributed by atoms with E-state index >= 15 is 0 Å². The maximum absolute atomic E-state index is 12.0. The van der Waals surface area contributed by atoms with Gasteiger partial charge in [-0.15, -0.1) is 0 Å². The van der Waals surface area contributed by atoms with Crippen LogP contribution in [0.15, 0.2) is 27.5 Å². The predicted octanol–water partition coefficient (Wildman–Crippen LogP) is 3.99. The summed E-state index contributed by atoms with van der Waals surface area (Å²) in [4.78, 5) is 14.6. The van der Waals surface area contributed by atoms with Crippen molar-refractivity contribution >= 4 is 38.5 Å². The zero-order valence-corrected chi connectivity index (χ0v) is 15.2. The first kappa shape index (κ1) is 16.0. The summed E-state index contributed by atoms with van der Waals surface area (Å²) < 4.78 is 7.49. The third-order valence-electron chi connectivity index (χ3n) is 2.87.